The SMILES string of the molecule is CC[C@@H](C)NC(=O)[C@@H]1C[C@H](C)Nc2ccccc21. The highest BCUT2D eigenvalue weighted by molar-refractivity contribution is 5.86. The standard InChI is InChI=1S/C15H22N2O/c1-4-10(2)17-15(18)13-9-11(3)16-14-8-6-5-7-12(13)14/h5-8,10-11,13,16H,4,9H2,1-3H3,(H,17,18)/t10-,11+,13-/m1/s1. The minimum absolute atomic E-state index is 0.0218. The van der Waals surface area contributed by atoms with Crippen molar-refractivity contribution in [2.75, 3.05) is 5.32 Å². The first-order valence-electron chi connectivity index (χ1n) is 6.77. The van der Waals surface area contributed by atoms with E-state index < -0.39 is 0 Å². The van der Waals surface area contributed by atoms with Crippen molar-refractivity contribution in [3.8, 4) is 0 Å². The van der Waals surface area contributed by atoms with Crippen LogP contribution in [-0.4, -0.2) is 18.0 Å². The van der Waals surface area contributed by atoms with Crippen molar-refractivity contribution in [1.82, 2.24) is 5.32 Å². The maximum absolute atomic E-state index is 12.3. The van der Waals surface area contributed by atoms with Crippen LogP contribution in [0.4, 0.5) is 5.69 Å². The Morgan fingerprint density at radius 3 is 2.94 bits per heavy atom. The summed E-state index contributed by atoms with van der Waals surface area (Å²) in [5.41, 5.74) is 2.22. The Morgan fingerprint density at radius 2 is 2.22 bits per heavy atom. The molecule has 98 valence electrons. The lowest BCUT2D eigenvalue weighted by molar-refractivity contribution is -0.123. The smallest absolute Gasteiger partial charge is 0.227 e. The molecule has 3 heteroatoms. The van der Waals surface area contributed by atoms with Crippen LogP contribution >= 0.6 is 0 Å². The minimum Gasteiger partial charge on any atom is -0.382 e. The van der Waals surface area contributed by atoms with Gasteiger partial charge in [0.05, 0.1) is 5.92 Å². The maximum Gasteiger partial charge on any atom is 0.227 e. The largest absolute Gasteiger partial charge is 0.382 e. The monoisotopic (exact) mass is 246 g/mol. The number of anilines is 1. The Hall–Kier alpha value is -1.51. The molecule has 1 aliphatic heterocycles. The average molecular weight is 246 g/mol. The molecule has 0 spiro atoms. The molecule has 0 unspecified atom stereocenters. The number of nitrogens with one attached hydrogen (secondary N) is 2. The number of amides is 1. The molecule has 1 aromatic rings. The molecule has 1 aliphatic rings. The van der Waals surface area contributed by atoms with Crippen LogP contribution in [0.5, 0.6) is 0 Å². The molecule has 0 saturated heterocycles. The van der Waals surface area contributed by atoms with E-state index in [1.165, 1.54) is 0 Å². The van der Waals surface area contributed by atoms with E-state index in [4.69, 9.17) is 0 Å². The van der Waals surface area contributed by atoms with Crippen LogP contribution in [0.25, 0.3) is 0 Å². The van der Waals surface area contributed by atoms with Crippen LogP contribution in [0.1, 0.15) is 45.1 Å². The van der Waals surface area contributed by atoms with Gasteiger partial charge in [-0.3, -0.25) is 4.79 Å². The van der Waals surface area contributed by atoms with Gasteiger partial charge in [-0.25, -0.2) is 0 Å². The first-order chi connectivity index (χ1) is 8.61. The van der Waals surface area contributed by atoms with Gasteiger partial charge in [-0.2, -0.15) is 0 Å². The Bertz CT molecular complexity index is 430. The van der Waals surface area contributed by atoms with Crippen LogP contribution < -0.4 is 10.6 Å². The molecule has 1 heterocycles. The zero-order valence-corrected chi connectivity index (χ0v) is 11.4. The van der Waals surface area contributed by atoms with Gasteiger partial charge in [0.15, 0.2) is 0 Å². The number of hydrogen-bond acceptors (Lipinski definition) is 2. The molecule has 2 rings (SSSR count). The summed E-state index contributed by atoms with van der Waals surface area (Å²) in [5, 5.41) is 6.53. The molecule has 0 aliphatic carbocycles. The van der Waals surface area contributed by atoms with Gasteiger partial charge < -0.3 is 10.6 Å². The van der Waals surface area contributed by atoms with E-state index in [0.29, 0.717) is 6.04 Å². The van der Waals surface area contributed by atoms with E-state index in [9.17, 15) is 4.79 Å². The molecule has 3 atom stereocenters. The molecule has 0 saturated carbocycles. The second kappa shape index (κ2) is 5.42. The van der Waals surface area contributed by atoms with Gasteiger partial charge in [0.2, 0.25) is 5.91 Å². The van der Waals surface area contributed by atoms with Crippen molar-refractivity contribution in [2.45, 2.75) is 51.6 Å². The van der Waals surface area contributed by atoms with Gasteiger partial charge in [0.25, 0.3) is 0 Å². The third-order valence-corrected chi connectivity index (χ3v) is 3.64. The van der Waals surface area contributed by atoms with E-state index in [-0.39, 0.29) is 17.9 Å². The van der Waals surface area contributed by atoms with Crippen molar-refractivity contribution in [3.63, 3.8) is 0 Å². The first-order valence-corrected chi connectivity index (χ1v) is 6.77. The van der Waals surface area contributed by atoms with Gasteiger partial charge in [-0.05, 0) is 38.3 Å². The molecule has 0 fully saturated rings. The van der Waals surface area contributed by atoms with Gasteiger partial charge in [0.1, 0.15) is 0 Å². The fourth-order valence-corrected chi connectivity index (χ4v) is 2.43. The Labute approximate surface area is 109 Å². The quantitative estimate of drug-likeness (QED) is 0.861. The number of hydrogen-bond donors (Lipinski definition) is 2. The highest BCUT2D eigenvalue weighted by Gasteiger charge is 2.29. The normalized spacial score (nSPS) is 23.7. The number of fused-ring (bicyclic) bond motifs is 1. The fourth-order valence-electron chi connectivity index (χ4n) is 2.43. The van der Waals surface area contributed by atoms with Crippen molar-refractivity contribution >= 4 is 11.6 Å². The highest BCUT2D eigenvalue weighted by atomic mass is 16.1. The Morgan fingerprint density at radius 1 is 1.50 bits per heavy atom. The molecule has 0 bridgehead atoms. The second-order valence-corrected chi connectivity index (χ2v) is 5.24. The van der Waals surface area contributed by atoms with Crippen molar-refractivity contribution in [3.05, 3.63) is 29.8 Å². The molecule has 0 radical (unpaired) electrons. The number of para-hydroxylation sites is 1. The molecular formula is C15H22N2O. The van der Waals surface area contributed by atoms with E-state index in [1.807, 2.05) is 19.1 Å². The van der Waals surface area contributed by atoms with Crippen LogP contribution in [0, 0.1) is 0 Å². The lowest BCUT2D eigenvalue weighted by atomic mass is 9.86. The summed E-state index contributed by atoms with van der Waals surface area (Å²) in [6.07, 6.45) is 1.83. The minimum atomic E-state index is -0.0218. The summed E-state index contributed by atoms with van der Waals surface area (Å²) < 4.78 is 0. The van der Waals surface area contributed by atoms with E-state index in [2.05, 4.69) is 36.6 Å². The maximum atomic E-state index is 12.3. The summed E-state index contributed by atoms with van der Waals surface area (Å²) in [6.45, 7) is 6.26. The topological polar surface area (TPSA) is 41.1 Å². The fraction of sp³-hybridized carbons (Fsp3) is 0.533. The lowest BCUT2D eigenvalue weighted by Crippen LogP contribution is -2.39. The van der Waals surface area contributed by atoms with Gasteiger partial charge in [-0.15, -0.1) is 0 Å². The third kappa shape index (κ3) is 2.66. The molecule has 0 aromatic heterocycles. The first kappa shape index (κ1) is 12.9. The summed E-state index contributed by atoms with van der Waals surface area (Å²) in [6, 6.07) is 8.69. The van der Waals surface area contributed by atoms with Crippen LogP contribution in [0.15, 0.2) is 24.3 Å². The second-order valence-electron chi connectivity index (χ2n) is 5.24. The summed E-state index contributed by atoms with van der Waals surface area (Å²) >= 11 is 0. The number of rotatable bonds is 3. The average Bonchev–Trinajstić information content (AvgIpc) is 2.37. The predicted molar refractivity (Wildman–Crippen MR) is 74.8 cm³/mol. The Balaban J connectivity index is 2.20. The lowest BCUT2D eigenvalue weighted by Gasteiger charge is -2.31. The van der Waals surface area contributed by atoms with Crippen LogP contribution in [-0.2, 0) is 4.79 Å². The van der Waals surface area contributed by atoms with E-state index >= 15 is 0 Å². The number of carbonyl (C=O) groups is 1. The zero-order chi connectivity index (χ0) is 13.1. The number of benzene rings is 1. The van der Waals surface area contributed by atoms with Crippen molar-refractivity contribution in [2.24, 2.45) is 0 Å². The van der Waals surface area contributed by atoms with Crippen molar-refractivity contribution in [1.29, 1.82) is 0 Å². The molecule has 2 N–H and O–H groups in total. The molecule has 18 heavy (non-hydrogen) atoms. The summed E-state index contributed by atoms with van der Waals surface area (Å²) in [5.74, 6) is 0.136. The predicted octanol–water partition coefficient (Wildman–Crippen LogP) is 2.89. The van der Waals surface area contributed by atoms with Crippen LogP contribution in [0.3, 0.4) is 0 Å². The third-order valence-electron chi connectivity index (χ3n) is 3.64. The van der Waals surface area contributed by atoms with Gasteiger partial charge in [-0.1, -0.05) is 25.1 Å². The molecule has 3 nitrogen and oxygen atoms in total. The van der Waals surface area contributed by atoms with E-state index in [0.717, 1.165) is 24.1 Å². The van der Waals surface area contributed by atoms with Gasteiger partial charge in [0, 0.05) is 17.8 Å². The van der Waals surface area contributed by atoms with E-state index in [1.54, 1.807) is 0 Å². The highest BCUT2D eigenvalue weighted by Crippen LogP contribution is 2.34. The number of carbonyl (C=O) groups excluding carboxylic acids is 1. The zero-order valence-electron chi connectivity index (χ0n) is 11.4. The molecular weight excluding hydrogens is 224 g/mol. The molecule has 1 aromatic carbocycles. The molecule has 1 amide bonds. The van der Waals surface area contributed by atoms with Gasteiger partial charge >= 0.3 is 0 Å². The van der Waals surface area contributed by atoms with Crippen LogP contribution in [0.2, 0.25) is 0 Å². The summed E-state index contributed by atoms with van der Waals surface area (Å²) in [7, 11) is 0. The Kier molecular flexibility index (Phi) is 3.90. The van der Waals surface area contributed by atoms with Crippen molar-refractivity contribution < 1.29 is 4.79 Å². The summed E-state index contributed by atoms with van der Waals surface area (Å²) in [4.78, 5) is 12.3.